The third kappa shape index (κ3) is 3.19. The number of nitrogens with zero attached hydrogens (tertiary/aromatic N) is 3. The summed E-state index contributed by atoms with van der Waals surface area (Å²) in [6, 6.07) is -0.0413. The van der Waals surface area contributed by atoms with E-state index in [0.29, 0.717) is 24.5 Å². The zero-order valence-electron chi connectivity index (χ0n) is 11.0. The van der Waals surface area contributed by atoms with E-state index in [4.69, 9.17) is 5.11 Å². The first-order valence-corrected chi connectivity index (χ1v) is 6.10. The highest BCUT2D eigenvalue weighted by Crippen LogP contribution is 2.29. The molecule has 0 saturated carbocycles. The van der Waals surface area contributed by atoms with Gasteiger partial charge in [0.05, 0.1) is 4.92 Å². The molecular formula is C11H20N4O3. The lowest BCUT2D eigenvalue weighted by atomic mass is 10.2. The number of anilines is 1. The molecule has 0 saturated heterocycles. The lowest BCUT2D eigenvalue weighted by molar-refractivity contribution is -0.384. The second kappa shape index (κ2) is 6.34. The predicted octanol–water partition coefficient (Wildman–Crippen LogP) is 1.69. The van der Waals surface area contributed by atoms with Gasteiger partial charge in [-0.3, -0.25) is 10.1 Å². The van der Waals surface area contributed by atoms with Crippen molar-refractivity contribution < 1.29 is 10.0 Å². The van der Waals surface area contributed by atoms with Crippen LogP contribution in [0.2, 0.25) is 0 Å². The molecule has 7 heteroatoms. The molecule has 1 atom stereocenters. The molecule has 0 amide bonds. The SMILES string of the molecule is CCCn1nc(C)c([N+](=O)[O-])c1NC(C)CCO. The van der Waals surface area contributed by atoms with Crippen molar-refractivity contribution in [2.45, 2.75) is 46.2 Å². The maximum absolute atomic E-state index is 11.1. The van der Waals surface area contributed by atoms with Crippen molar-refractivity contribution in [3.8, 4) is 0 Å². The van der Waals surface area contributed by atoms with Gasteiger partial charge in [-0.1, -0.05) is 6.92 Å². The molecule has 18 heavy (non-hydrogen) atoms. The zero-order valence-corrected chi connectivity index (χ0v) is 11.0. The van der Waals surface area contributed by atoms with Crippen molar-refractivity contribution in [1.82, 2.24) is 9.78 Å². The van der Waals surface area contributed by atoms with Gasteiger partial charge in [-0.25, -0.2) is 4.68 Å². The second-order valence-electron chi connectivity index (χ2n) is 4.32. The van der Waals surface area contributed by atoms with Gasteiger partial charge in [0, 0.05) is 19.2 Å². The summed E-state index contributed by atoms with van der Waals surface area (Å²) in [6.45, 7) is 6.17. The molecule has 1 aromatic rings. The summed E-state index contributed by atoms with van der Waals surface area (Å²) in [4.78, 5) is 10.6. The van der Waals surface area contributed by atoms with Crippen LogP contribution in [0.3, 0.4) is 0 Å². The maximum Gasteiger partial charge on any atom is 0.333 e. The van der Waals surface area contributed by atoms with E-state index in [1.165, 1.54) is 0 Å². The number of nitro groups is 1. The molecule has 0 aliphatic rings. The third-order valence-corrected chi connectivity index (χ3v) is 2.66. The molecule has 0 aliphatic carbocycles. The average molecular weight is 256 g/mol. The molecule has 0 fully saturated rings. The largest absolute Gasteiger partial charge is 0.396 e. The van der Waals surface area contributed by atoms with E-state index in [9.17, 15) is 10.1 Å². The Morgan fingerprint density at radius 2 is 2.28 bits per heavy atom. The summed E-state index contributed by atoms with van der Waals surface area (Å²) in [5, 5.41) is 27.2. The summed E-state index contributed by atoms with van der Waals surface area (Å²) in [5.41, 5.74) is 0.431. The normalized spacial score (nSPS) is 12.4. The van der Waals surface area contributed by atoms with Crippen LogP contribution in [0.25, 0.3) is 0 Å². The Morgan fingerprint density at radius 1 is 1.61 bits per heavy atom. The zero-order chi connectivity index (χ0) is 13.7. The van der Waals surface area contributed by atoms with Crippen molar-refractivity contribution in [3.05, 3.63) is 15.8 Å². The topological polar surface area (TPSA) is 93.2 Å². The summed E-state index contributed by atoms with van der Waals surface area (Å²) < 4.78 is 1.63. The minimum atomic E-state index is -0.414. The summed E-state index contributed by atoms with van der Waals surface area (Å²) in [5.74, 6) is 0.431. The Hall–Kier alpha value is -1.63. The average Bonchev–Trinajstić information content (AvgIpc) is 2.56. The van der Waals surface area contributed by atoms with Gasteiger partial charge in [0.25, 0.3) is 0 Å². The number of rotatable bonds is 7. The Bertz CT molecular complexity index is 417. The van der Waals surface area contributed by atoms with E-state index >= 15 is 0 Å². The van der Waals surface area contributed by atoms with Crippen molar-refractivity contribution in [3.63, 3.8) is 0 Å². The molecule has 102 valence electrons. The summed E-state index contributed by atoms with van der Waals surface area (Å²) in [7, 11) is 0. The van der Waals surface area contributed by atoms with Gasteiger partial charge in [-0.2, -0.15) is 5.10 Å². The van der Waals surface area contributed by atoms with Crippen LogP contribution in [-0.2, 0) is 6.54 Å². The molecule has 0 radical (unpaired) electrons. The molecule has 2 N–H and O–H groups in total. The molecule has 1 aromatic heterocycles. The summed E-state index contributed by atoms with van der Waals surface area (Å²) in [6.07, 6.45) is 1.38. The van der Waals surface area contributed by atoms with Crippen LogP contribution < -0.4 is 5.32 Å². The van der Waals surface area contributed by atoms with Crippen molar-refractivity contribution in [2.75, 3.05) is 11.9 Å². The van der Waals surface area contributed by atoms with Gasteiger partial charge < -0.3 is 10.4 Å². The molecule has 0 bridgehead atoms. The molecule has 0 spiro atoms. The van der Waals surface area contributed by atoms with Gasteiger partial charge in [0.2, 0.25) is 5.82 Å². The summed E-state index contributed by atoms with van der Waals surface area (Å²) >= 11 is 0. The van der Waals surface area contributed by atoms with Crippen LogP contribution in [0, 0.1) is 17.0 Å². The van der Waals surface area contributed by atoms with E-state index < -0.39 is 4.92 Å². The maximum atomic E-state index is 11.1. The monoisotopic (exact) mass is 256 g/mol. The Morgan fingerprint density at radius 3 is 2.78 bits per heavy atom. The molecule has 1 rings (SSSR count). The van der Waals surface area contributed by atoms with Crippen LogP contribution in [0.5, 0.6) is 0 Å². The van der Waals surface area contributed by atoms with E-state index in [1.807, 2.05) is 13.8 Å². The quantitative estimate of drug-likeness (QED) is 0.572. The van der Waals surface area contributed by atoms with Gasteiger partial charge in [-0.15, -0.1) is 0 Å². The van der Waals surface area contributed by atoms with Crippen LogP contribution in [0.1, 0.15) is 32.4 Å². The van der Waals surface area contributed by atoms with Crippen molar-refractivity contribution in [1.29, 1.82) is 0 Å². The first kappa shape index (κ1) is 14.4. The van der Waals surface area contributed by atoms with Gasteiger partial charge in [0.1, 0.15) is 5.69 Å². The van der Waals surface area contributed by atoms with Crippen LogP contribution in [0.15, 0.2) is 0 Å². The lowest BCUT2D eigenvalue weighted by Gasteiger charge is -2.14. The highest BCUT2D eigenvalue weighted by molar-refractivity contribution is 5.59. The number of aliphatic hydroxyl groups is 1. The highest BCUT2D eigenvalue weighted by atomic mass is 16.6. The molecule has 1 heterocycles. The Balaban J connectivity index is 3.07. The van der Waals surface area contributed by atoms with Crippen LogP contribution in [-0.4, -0.2) is 32.5 Å². The number of aromatic nitrogens is 2. The second-order valence-corrected chi connectivity index (χ2v) is 4.32. The lowest BCUT2D eigenvalue weighted by Crippen LogP contribution is -2.20. The van der Waals surface area contributed by atoms with Gasteiger partial charge >= 0.3 is 5.69 Å². The molecular weight excluding hydrogens is 236 g/mol. The smallest absolute Gasteiger partial charge is 0.333 e. The van der Waals surface area contributed by atoms with E-state index in [-0.39, 0.29) is 18.3 Å². The van der Waals surface area contributed by atoms with Crippen LogP contribution in [0.4, 0.5) is 11.5 Å². The van der Waals surface area contributed by atoms with E-state index in [2.05, 4.69) is 10.4 Å². The number of aliphatic hydroxyl groups excluding tert-OH is 1. The minimum Gasteiger partial charge on any atom is -0.396 e. The van der Waals surface area contributed by atoms with E-state index in [1.54, 1.807) is 11.6 Å². The number of nitrogens with one attached hydrogen (secondary N) is 1. The van der Waals surface area contributed by atoms with Gasteiger partial charge in [-0.05, 0) is 26.7 Å². The Kier molecular flexibility index (Phi) is 5.08. The first-order chi connectivity index (χ1) is 8.51. The molecule has 1 unspecified atom stereocenters. The molecule has 0 aromatic carbocycles. The third-order valence-electron chi connectivity index (χ3n) is 2.66. The van der Waals surface area contributed by atoms with Gasteiger partial charge in [0.15, 0.2) is 0 Å². The number of aryl methyl sites for hydroxylation is 2. The minimum absolute atomic E-state index is 0.0215. The highest BCUT2D eigenvalue weighted by Gasteiger charge is 2.25. The van der Waals surface area contributed by atoms with Crippen molar-refractivity contribution >= 4 is 11.5 Å². The first-order valence-electron chi connectivity index (χ1n) is 6.10. The predicted molar refractivity (Wildman–Crippen MR) is 68.7 cm³/mol. The van der Waals surface area contributed by atoms with Crippen LogP contribution >= 0.6 is 0 Å². The standard InChI is InChI=1S/C11H20N4O3/c1-4-6-14-11(12-8(2)5-7-16)10(15(17)18)9(3)13-14/h8,12,16H,4-7H2,1-3H3. The number of hydrogen-bond donors (Lipinski definition) is 2. The molecule has 0 aliphatic heterocycles. The number of hydrogen-bond acceptors (Lipinski definition) is 5. The van der Waals surface area contributed by atoms with E-state index in [0.717, 1.165) is 6.42 Å². The fourth-order valence-corrected chi connectivity index (χ4v) is 1.81. The fraction of sp³-hybridized carbons (Fsp3) is 0.727. The van der Waals surface area contributed by atoms with Crippen molar-refractivity contribution in [2.24, 2.45) is 0 Å². The Labute approximate surface area is 106 Å². The fourth-order valence-electron chi connectivity index (χ4n) is 1.81. The molecule has 7 nitrogen and oxygen atoms in total.